The van der Waals surface area contributed by atoms with Gasteiger partial charge in [-0.1, -0.05) is 0 Å². The van der Waals surface area contributed by atoms with Gasteiger partial charge in [-0.25, -0.2) is 9.48 Å². The summed E-state index contributed by atoms with van der Waals surface area (Å²) >= 11 is 0. The highest BCUT2D eigenvalue weighted by Crippen LogP contribution is 2.25. The van der Waals surface area contributed by atoms with Gasteiger partial charge in [-0.15, -0.1) is 0 Å². The Morgan fingerprint density at radius 1 is 1.33 bits per heavy atom. The predicted octanol–water partition coefficient (Wildman–Crippen LogP) is 0.429. The smallest absolute Gasteiger partial charge is 0.409 e. The number of imidazole rings is 1. The van der Waals surface area contributed by atoms with Crippen molar-refractivity contribution in [2.75, 3.05) is 0 Å². The van der Waals surface area contributed by atoms with Crippen LogP contribution in [0.1, 0.15) is 16.3 Å². The fourth-order valence-electron chi connectivity index (χ4n) is 1.72. The first-order valence-corrected chi connectivity index (χ1v) is 5.39. The molecule has 0 unspecified atom stereocenters. The van der Waals surface area contributed by atoms with Crippen molar-refractivity contribution in [1.29, 1.82) is 0 Å². The molecule has 2 aromatic heterocycles. The third-order valence-electron chi connectivity index (χ3n) is 2.75. The van der Waals surface area contributed by atoms with Crippen LogP contribution in [0.2, 0.25) is 0 Å². The normalized spacial score (nSPS) is 10.6. The molecule has 12 heteroatoms. The van der Waals surface area contributed by atoms with Crippen LogP contribution in [0.4, 0.5) is 11.5 Å². The summed E-state index contributed by atoms with van der Waals surface area (Å²) in [5.74, 6) is -2.09. The third-order valence-corrected chi connectivity index (χ3v) is 2.75. The first-order valence-electron chi connectivity index (χ1n) is 5.39. The summed E-state index contributed by atoms with van der Waals surface area (Å²) in [5.41, 5.74) is -1.58. The number of rotatable bonds is 4. The quantitative estimate of drug-likeness (QED) is 0.627. The molecule has 0 amide bonds. The Bertz CT molecular complexity index is 743. The molecule has 0 aromatic carbocycles. The molecule has 0 spiro atoms. The van der Waals surface area contributed by atoms with E-state index >= 15 is 0 Å². The average molecular weight is 296 g/mol. The Labute approximate surface area is 115 Å². The van der Waals surface area contributed by atoms with Crippen molar-refractivity contribution in [2.45, 2.75) is 6.92 Å². The van der Waals surface area contributed by atoms with E-state index in [0.717, 1.165) is 10.9 Å². The number of hydrogen-bond donors (Lipinski definition) is 1. The van der Waals surface area contributed by atoms with E-state index in [4.69, 9.17) is 5.11 Å². The number of carboxylic acid groups (broad SMARTS) is 1. The Kier molecular flexibility index (Phi) is 3.13. The van der Waals surface area contributed by atoms with Gasteiger partial charge in [0, 0.05) is 14.0 Å². The minimum Gasteiger partial charge on any atom is -0.476 e. The summed E-state index contributed by atoms with van der Waals surface area (Å²) in [7, 11) is 1.44. The van der Waals surface area contributed by atoms with Gasteiger partial charge in [0.2, 0.25) is 17.3 Å². The largest absolute Gasteiger partial charge is 0.476 e. The molecule has 0 saturated heterocycles. The van der Waals surface area contributed by atoms with Crippen LogP contribution in [0.15, 0.2) is 6.20 Å². The fourth-order valence-corrected chi connectivity index (χ4v) is 1.72. The van der Waals surface area contributed by atoms with E-state index in [1.165, 1.54) is 18.5 Å². The zero-order valence-corrected chi connectivity index (χ0v) is 10.7. The predicted molar refractivity (Wildman–Crippen MR) is 65.3 cm³/mol. The topological polar surface area (TPSA) is 159 Å². The number of aromatic carboxylic acids is 1. The SMILES string of the molecule is Cc1nc([N+](=O)[O-])c(-n2cc([N+](=O)[O-])c(C(=O)O)n2)n1C. The maximum Gasteiger partial charge on any atom is 0.409 e. The number of aromatic nitrogens is 4. The molecule has 2 aromatic rings. The van der Waals surface area contributed by atoms with E-state index in [9.17, 15) is 25.0 Å². The number of nitro groups is 2. The highest BCUT2D eigenvalue weighted by atomic mass is 16.6. The minimum atomic E-state index is -1.61. The molecule has 0 aliphatic carbocycles. The zero-order valence-electron chi connectivity index (χ0n) is 10.7. The Hall–Kier alpha value is -3.31. The fraction of sp³-hybridized carbons (Fsp3) is 0.222. The standard InChI is InChI=1S/C9H8N6O6/c1-4-10-7(15(20)21)8(12(4)2)13-3-5(14(18)19)6(11-13)9(16)17/h3H,1-2H3,(H,16,17). The molecular weight excluding hydrogens is 288 g/mol. The molecule has 0 aliphatic heterocycles. The van der Waals surface area contributed by atoms with Crippen molar-refractivity contribution in [3.05, 3.63) is 37.9 Å². The number of hydrogen-bond acceptors (Lipinski definition) is 7. The monoisotopic (exact) mass is 296 g/mol. The molecule has 12 nitrogen and oxygen atoms in total. The summed E-state index contributed by atoms with van der Waals surface area (Å²) < 4.78 is 2.04. The first-order chi connectivity index (χ1) is 9.73. The molecule has 2 rings (SSSR count). The lowest BCUT2D eigenvalue weighted by Crippen LogP contribution is -2.07. The third kappa shape index (κ3) is 2.18. The molecule has 0 atom stereocenters. The highest BCUT2D eigenvalue weighted by molar-refractivity contribution is 5.90. The number of carboxylic acids is 1. The van der Waals surface area contributed by atoms with Crippen molar-refractivity contribution >= 4 is 17.5 Å². The second-order valence-corrected chi connectivity index (χ2v) is 3.99. The maximum atomic E-state index is 11.0. The van der Waals surface area contributed by atoms with Crippen molar-refractivity contribution < 1.29 is 19.7 Å². The molecule has 0 saturated carbocycles. The van der Waals surface area contributed by atoms with E-state index in [0.29, 0.717) is 0 Å². The summed E-state index contributed by atoms with van der Waals surface area (Å²) in [6.45, 7) is 1.49. The van der Waals surface area contributed by atoms with Crippen LogP contribution in [0.5, 0.6) is 0 Å². The molecule has 110 valence electrons. The second-order valence-electron chi connectivity index (χ2n) is 3.99. The number of carbonyl (C=O) groups is 1. The summed E-state index contributed by atoms with van der Waals surface area (Å²) in [6, 6.07) is 0. The molecule has 1 N–H and O–H groups in total. The van der Waals surface area contributed by atoms with Gasteiger partial charge in [-0.05, 0) is 9.91 Å². The van der Waals surface area contributed by atoms with Gasteiger partial charge in [0.15, 0.2) is 0 Å². The van der Waals surface area contributed by atoms with Crippen molar-refractivity contribution in [3.8, 4) is 5.82 Å². The lowest BCUT2D eigenvalue weighted by molar-refractivity contribution is -0.389. The summed E-state index contributed by atoms with van der Waals surface area (Å²) in [5, 5.41) is 34.2. The molecule has 21 heavy (non-hydrogen) atoms. The van der Waals surface area contributed by atoms with E-state index < -0.39 is 33.0 Å². The van der Waals surface area contributed by atoms with E-state index in [1.54, 1.807) is 0 Å². The lowest BCUT2D eigenvalue weighted by Gasteiger charge is -2.00. The second kappa shape index (κ2) is 4.66. The molecule has 0 aliphatic rings. The van der Waals surface area contributed by atoms with Crippen LogP contribution in [0.3, 0.4) is 0 Å². The van der Waals surface area contributed by atoms with Crippen molar-refractivity contribution in [2.24, 2.45) is 7.05 Å². The van der Waals surface area contributed by atoms with Gasteiger partial charge in [-0.3, -0.25) is 14.7 Å². The molecule has 0 fully saturated rings. The van der Waals surface area contributed by atoms with Gasteiger partial charge in [0.25, 0.3) is 0 Å². The van der Waals surface area contributed by atoms with Gasteiger partial charge in [-0.2, -0.15) is 5.10 Å². The van der Waals surface area contributed by atoms with Crippen LogP contribution in [-0.2, 0) is 7.05 Å². The molecule has 2 heterocycles. The van der Waals surface area contributed by atoms with Crippen molar-refractivity contribution in [3.63, 3.8) is 0 Å². The average Bonchev–Trinajstić information content (AvgIpc) is 2.92. The molecular formula is C9H8N6O6. The number of nitrogens with zero attached hydrogens (tertiary/aromatic N) is 6. The summed E-state index contributed by atoms with van der Waals surface area (Å²) in [6.07, 6.45) is 0.799. The zero-order chi connectivity index (χ0) is 15.9. The van der Waals surface area contributed by atoms with Crippen molar-refractivity contribution in [1.82, 2.24) is 19.3 Å². The summed E-state index contributed by atoms with van der Waals surface area (Å²) in [4.78, 5) is 34.7. The van der Waals surface area contributed by atoms with Gasteiger partial charge in [0.05, 0.1) is 4.92 Å². The molecule has 0 bridgehead atoms. The number of aryl methyl sites for hydroxylation is 1. The Balaban J connectivity index is 2.74. The van der Waals surface area contributed by atoms with E-state index in [2.05, 4.69) is 10.1 Å². The van der Waals surface area contributed by atoms with Crippen LogP contribution in [0.25, 0.3) is 5.82 Å². The Morgan fingerprint density at radius 2 is 1.95 bits per heavy atom. The van der Waals surface area contributed by atoms with Crippen LogP contribution < -0.4 is 0 Å². The molecule has 0 radical (unpaired) electrons. The van der Waals surface area contributed by atoms with Gasteiger partial charge < -0.3 is 15.2 Å². The maximum absolute atomic E-state index is 11.0. The minimum absolute atomic E-state index is 0.173. The van der Waals surface area contributed by atoms with Crippen LogP contribution in [0, 0.1) is 27.2 Å². The van der Waals surface area contributed by atoms with E-state index in [1.807, 2.05) is 0 Å². The highest BCUT2D eigenvalue weighted by Gasteiger charge is 2.31. The van der Waals surface area contributed by atoms with E-state index in [-0.39, 0.29) is 11.6 Å². The lowest BCUT2D eigenvalue weighted by atomic mass is 10.4. The first kappa shape index (κ1) is 14.1. The van der Waals surface area contributed by atoms with Gasteiger partial charge in [0.1, 0.15) is 6.20 Å². The van der Waals surface area contributed by atoms with Gasteiger partial charge >= 0.3 is 17.5 Å². The van der Waals surface area contributed by atoms with Crippen LogP contribution >= 0.6 is 0 Å². The Morgan fingerprint density at radius 3 is 2.38 bits per heavy atom. The van der Waals surface area contributed by atoms with Crippen LogP contribution in [-0.4, -0.2) is 40.3 Å².